The van der Waals surface area contributed by atoms with E-state index in [-0.39, 0.29) is 4.90 Å². The molecule has 0 atom stereocenters. The summed E-state index contributed by atoms with van der Waals surface area (Å²) in [6.45, 7) is 4.59. The van der Waals surface area contributed by atoms with Crippen LogP contribution in [-0.2, 0) is 14.8 Å². The first-order valence-corrected chi connectivity index (χ1v) is 9.16. The molecule has 2 aromatic carbocycles. The van der Waals surface area contributed by atoms with Crippen LogP contribution in [0.2, 0.25) is 0 Å². The second kappa shape index (κ2) is 6.78. The van der Waals surface area contributed by atoms with Crippen molar-refractivity contribution in [3.8, 4) is 0 Å². The van der Waals surface area contributed by atoms with Crippen molar-refractivity contribution in [1.82, 2.24) is 0 Å². The van der Waals surface area contributed by atoms with Gasteiger partial charge >= 0.3 is 0 Å². The second-order valence-electron chi connectivity index (χ2n) is 5.66. The third kappa shape index (κ3) is 3.68. The molecule has 0 aliphatic carbocycles. The number of sulfonamides is 1. The number of ether oxygens (including phenoxy) is 1. The molecule has 3 rings (SSSR count). The molecule has 7 heteroatoms. The van der Waals surface area contributed by atoms with Crippen LogP contribution >= 0.6 is 0 Å². The molecule has 0 amide bonds. The summed E-state index contributed by atoms with van der Waals surface area (Å²) in [7, 11) is -3.75. The van der Waals surface area contributed by atoms with Crippen molar-refractivity contribution in [2.75, 3.05) is 35.9 Å². The molecule has 0 aromatic heterocycles. The minimum atomic E-state index is -3.75. The lowest BCUT2D eigenvalue weighted by molar-refractivity contribution is 0.122. The van der Waals surface area contributed by atoms with Crippen LogP contribution in [0.25, 0.3) is 0 Å². The van der Waals surface area contributed by atoms with Crippen LogP contribution in [0.3, 0.4) is 0 Å². The van der Waals surface area contributed by atoms with E-state index in [0.29, 0.717) is 24.5 Å². The normalized spacial score (nSPS) is 15.3. The van der Waals surface area contributed by atoms with E-state index in [1.165, 1.54) is 12.1 Å². The fourth-order valence-corrected chi connectivity index (χ4v) is 3.97. The predicted molar refractivity (Wildman–Crippen MR) is 91.4 cm³/mol. The number of nitrogens with zero attached hydrogens (tertiary/aromatic N) is 1. The highest BCUT2D eigenvalue weighted by atomic mass is 32.2. The molecule has 128 valence electrons. The SMILES string of the molecule is Cc1cc(F)ccc1S(=O)(=O)Nc1ccc(N2CCOCC2)cc1. The molecule has 0 bridgehead atoms. The van der Waals surface area contributed by atoms with Crippen molar-refractivity contribution in [3.63, 3.8) is 0 Å². The summed E-state index contributed by atoms with van der Waals surface area (Å²) < 4.78 is 45.9. The summed E-state index contributed by atoms with van der Waals surface area (Å²) in [4.78, 5) is 2.26. The number of rotatable bonds is 4. The number of nitrogens with one attached hydrogen (secondary N) is 1. The van der Waals surface area contributed by atoms with Crippen molar-refractivity contribution in [3.05, 3.63) is 53.8 Å². The Morgan fingerprint density at radius 3 is 2.38 bits per heavy atom. The smallest absolute Gasteiger partial charge is 0.262 e. The molecule has 1 aliphatic heterocycles. The highest BCUT2D eigenvalue weighted by Crippen LogP contribution is 2.23. The standard InChI is InChI=1S/C17H19FN2O3S/c1-13-12-14(18)2-7-17(13)24(21,22)19-15-3-5-16(6-4-15)20-8-10-23-11-9-20/h2-7,12,19H,8-11H2,1H3. The van der Waals surface area contributed by atoms with Crippen LogP contribution in [0, 0.1) is 12.7 Å². The van der Waals surface area contributed by atoms with E-state index in [1.807, 2.05) is 12.1 Å². The van der Waals surface area contributed by atoms with Crippen LogP contribution in [0.15, 0.2) is 47.4 Å². The largest absolute Gasteiger partial charge is 0.378 e. The van der Waals surface area contributed by atoms with Gasteiger partial charge in [0.25, 0.3) is 10.0 Å². The van der Waals surface area contributed by atoms with E-state index in [1.54, 1.807) is 19.1 Å². The first kappa shape index (κ1) is 16.7. The maximum absolute atomic E-state index is 13.2. The molecule has 1 aliphatic rings. The van der Waals surface area contributed by atoms with E-state index in [0.717, 1.165) is 24.8 Å². The van der Waals surface area contributed by atoms with Gasteiger partial charge in [-0.3, -0.25) is 4.72 Å². The van der Waals surface area contributed by atoms with Crippen LogP contribution in [0.5, 0.6) is 0 Å². The lowest BCUT2D eigenvalue weighted by Crippen LogP contribution is -2.36. The first-order chi connectivity index (χ1) is 11.5. The zero-order valence-electron chi connectivity index (χ0n) is 13.3. The monoisotopic (exact) mass is 350 g/mol. The van der Waals surface area contributed by atoms with Crippen molar-refractivity contribution in [2.24, 2.45) is 0 Å². The Bertz CT molecular complexity index is 816. The third-order valence-corrected chi connectivity index (χ3v) is 5.46. The molecule has 1 N–H and O–H groups in total. The van der Waals surface area contributed by atoms with Crippen molar-refractivity contribution >= 4 is 21.4 Å². The maximum Gasteiger partial charge on any atom is 0.262 e. The minimum Gasteiger partial charge on any atom is -0.378 e. The Morgan fingerprint density at radius 2 is 1.75 bits per heavy atom. The van der Waals surface area contributed by atoms with E-state index in [2.05, 4.69) is 9.62 Å². The van der Waals surface area contributed by atoms with Gasteiger partial charge in [0, 0.05) is 24.5 Å². The molecule has 0 saturated carbocycles. The van der Waals surface area contributed by atoms with Gasteiger partial charge in [-0.15, -0.1) is 0 Å². The minimum absolute atomic E-state index is 0.0705. The Labute approximate surface area is 141 Å². The average Bonchev–Trinajstić information content (AvgIpc) is 2.55. The van der Waals surface area contributed by atoms with E-state index >= 15 is 0 Å². The number of halogens is 1. The quantitative estimate of drug-likeness (QED) is 0.921. The summed E-state index contributed by atoms with van der Waals surface area (Å²) in [5.41, 5.74) is 1.86. The number of aryl methyl sites for hydroxylation is 1. The Hall–Kier alpha value is -2.12. The lowest BCUT2D eigenvalue weighted by Gasteiger charge is -2.28. The van der Waals surface area contributed by atoms with Gasteiger partial charge in [0.1, 0.15) is 5.82 Å². The molecule has 1 fully saturated rings. The summed E-state index contributed by atoms with van der Waals surface area (Å²) in [5, 5.41) is 0. The van der Waals surface area contributed by atoms with E-state index < -0.39 is 15.8 Å². The number of hydrogen-bond acceptors (Lipinski definition) is 4. The molecule has 0 spiro atoms. The predicted octanol–water partition coefficient (Wildman–Crippen LogP) is 2.77. The van der Waals surface area contributed by atoms with Crippen LogP contribution < -0.4 is 9.62 Å². The number of morpholine rings is 1. The summed E-state index contributed by atoms with van der Waals surface area (Å²) >= 11 is 0. The average molecular weight is 350 g/mol. The van der Waals surface area contributed by atoms with Crippen LogP contribution in [-0.4, -0.2) is 34.7 Å². The highest BCUT2D eigenvalue weighted by Gasteiger charge is 2.18. The highest BCUT2D eigenvalue weighted by molar-refractivity contribution is 7.92. The van der Waals surface area contributed by atoms with Crippen LogP contribution in [0.1, 0.15) is 5.56 Å². The number of anilines is 2. The summed E-state index contributed by atoms with van der Waals surface area (Å²) in [6.07, 6.45) is 0. The molecule has 1 heterocycles. The lowest BCUT2D eigenvalue weighted by atomic mass is 10.2. The first-order valence-electron chi connectivity index (χ1n) is 7.67. The van der Waals surface area contributed by atoms with Crippen molar-refractivity contribution in [1.29, 1.82) is 0 Å². The summed E-state index contributed by atoms with van der Waals surface area (Å²) in [5.74, 6) is -0.457. The summed E-state index contributed by atoms with van der Waals surface area (Å²) in [6, 6.07) is 10.8. The number of benzene rings is 2. The Morgan fingerprint density at radius 1 is 1.08 bits per heavy atom. The Balaban J connectivity index is 1.77. The molecule has 1 saturated heterocycles. The third-order valence-electron chi connectivity index (χ3n) is 3.92. The van der Waals surface area contributed by atoms with Gasteiger partial charge < -0.3 is 9.64 Å². The number of hydrogen-bond donors (Lipinski definition) is 1. The maximum atomic E-state index is 13.2. The van der Waals surface area contributed by atoms with E-state index in [4.69, 9.17) is 4.74 Å². The fraction of sp³-hybridized carbons (Fsp3) is 0.294. The molecule has 5 nitrogen and oxygen atoms in total. The van der Waals surface area contributed by atoms with Gasteiger partial charge in [-0.05, 0) is 55.0 Å². The van der Waals surface area contributed by atoms with Gasteiger partial charge in [-0.25, -0.2) is 12.8 Å². The van der Waals surface area contributed by atoms with Crippen molar-refractivity contribution < 1.29 is 17.5 Å². The molecule has 0 radical (unpaired) electrons. The molecule has 24 heavy (non-hydrogen) atoms. The second-order valence-corrected chi connectivity index (χ2v) is 7.31. The molecule has 0 unspecified atom stereocenters. The van der Waals surface area contributed by atoms with Gasteiger partial charge in [0.05, 0.1) is 18.1 Å². The van der Waals surface area contributed by atoms with E-state index in [9.17, 15) is 12.8 Å². The molecule has 2 aromatic rings. The Kier molecular flexibility index (Phi) is 4.73. The zero-order chi connectivity index (χ0) is 17.2. The van der Waals surface area contributed by atoms with Gasteiger partial charge in [0.15, 0.2) is 0 Å². The van der Waals surface area contributed by atoms with Gasteiger partial charge in [-0.2, -0.15) is 0 Å². The topological polar surface area (TPSA) is 58.6 Å². The zero-order valence-corrected chi connectivity index (χ0v) is 14.1. The van der Waals surface area contributed by atoms with Crippen LogP contribution in [0.4, 0.5) is 15.8 Å². The van der Waals surface area contributed by atoms with Crippen molar-refractivity contribution in [2.45, 2.75) is 11.8 Å². The molecular weight excluding hydrogens is 331 g/mol. The molecular formula is C17H19FN2O3S. The fourth-order valence-electron chi connectivity index (χ4n) is 2.69. The van der Waals surface area contributed by atoms with Gasteiger partial charge in [-0.1, -0.05) is 0 Å². The van der Waals surface area contributed by atoms with Gasteiger partial charge in [0.2, 0.25) is 0 Å².